The fourth-order valence-electron chi connectivity index (χ4n) is 0.851. The maximum atomic E-state index is 12.7. The third kappa shape index (κ3) is 1.58. The molecular formula is C8H7F2NO. The molecule has 0 aromatic heterocycles. The number of carbonyl (C=O) groups is 1. The van der Waals surface area contributed by atoms with Crippen molar-refractivity contribution >= 4 is 12.0 Å². The molecule has 4 heteroatoms. The summed E-state index contributed by atoms with van der Waals surface area (Å²) in [5.41, 5.74) is 4.79. The minimum atomic E-state index is -0.827. The van der Waals surface area contributed by atoms with E-state index in [1.54, 1.807) is 0 Å². The van der Waals surface area contributed by atoms with Gasteiger partial charge in [-0.15, -0.1) is 0 Å². The number of anilines is 1. The van der Waals surface area contributed by atoms with Crippen LogP contribution in [0.2, 0.25) is 0 Å². The second-order valence-electron chi connectivity index (χ2n) is 2.34. The Hall–Kier alpha value is -1.45. The first kappa shape index (κ1) is 8.64. The molecule has 2 N–H and O–H groups in total. The van der Waals surface area contributed by atoms with E-state index in [0.29, 0.717) is 6.29 Å². The smallest absolute Gasteiger partial charge is 0.149 e. The van der Waals surface area contributed by atoms with Crippen LogP contribution in [0, 0.1) is 11.6 Å². The zero-order chi connectivity index (χ0) is 9.14. The van der Waals surface area contributed by atoms with E-state index in [-0.39, 0.29) is 12.0 Å². The summed E-state index contributed by atoms with van der Waals surface area (Å²) in [6.45, 7) is 0. The molecule has 0 aliphatic carbocycles. The second-order valence-corrected chi connectivity index (χ2v) is 2.34. The van der Waals surface area contributed by atoms with E-state index < -0.39 is 17.3 Å². The molecule has 1 aromatic rings. The van der Waals surface area contributed by atoms with E-state index >= 15 is 0 Å². The Kier molecular flexibility index (Phi) is 2.38. The zero-order valence-electron chi connectivity index (χ0n) is 6.18. The predicted octanol–water partition coefficient (Wildman–Crippen LogP) is 1.29. The standard InChI is InChI=1S/C8H7F2NO/c9-6-3-5(1-2-12)4-7(10)8(6)11/h2-4H,1,11H2. The molecule has 0 atom stereocenters. The maximum absolute atomic E-state index is 12.7. The minimum absolute atomic E-state index is 0.00583. The predicted molar refractivity (Wildman–Crippen MR) is 40.5 cm³/mol. The molecule has 64 valence electrons. The van der Waals surface area contributed by atoms with Gasteiger partial charge in [-0.1, -0.05) is 0 Å². The van der Waals surface area contributed by atoms with Crippen LogP contribution in [-0.4, -0.2) is 6.29 Å². The largest absolute Gasteiger partial charge is 0.394 e. The lowest BCUT2D eigenvalue weighted by Gasteiger charge is -2.00. The van der Waals surface area contributed by atoms with Gasteiger partial charge in [0.25, 0.3) is 0 Å². The number of rotatable bonds is 2. The first-order valence-electron chi connectivity index (χ1n) is 3.32. The molecule has 1 rings (SSSR count). The van der Waals surface area contributed by atoms with Gasteiger partial charge in [0.1, 0.15) is 23.6 Å². The van der Waals surface area contributed by atoms with E-state index in [9.17, 15) is 13.6 Å². The molecule has 0 bridgehead atoms. The van der Waals surface area contributed by atoms with Crippen molar-refractivity contribution in [3.8, 4) is 0 Å². The molecule has 0 spiro atoms. The highest BCUT2D eigenvalue weighted by molar-refractivity contribution is 5.56. The number of hydrogen-bond acceptors (Lipinski definition) is 2. The summed E-state index contributed by atoms with van der Waals surface area (Å²) >= 11 is 0. The number of nitrogens with two attached hydrogens (primary N) is 1. The molecule has 1 aromatic carbocycles. The van der Waals surface area contributed by atoms with Crippen molar-refractivity contribution in [2.24, 2.45) is 0 Å². The van der Waals surface area contributed by atoms with Crippen molar-refractivity contribution in [2.75, 3.05) is 5.73 Å². The summed E-state index contributed by atoms with van der Waals surface area (Å²) in [5, 5.41) is 0. The van der Waals surface area contributed by atoms with Crippen molar-refractivity contribution in [1.82, 2.24) is 0 Å². The lowest BCUT2D eigenvalue weighted by molar-refractivity contribution is -0.107. The first-order chi connectivity index (χ1) is 5.65. The molecule has 0 saturated carbocycles. The average molecular weight is 171 g/mol. The molecule has 0 radical (unpaired) electrons. The fourth-order valence-corrected chi connectivity index (χ4v) is 0.851. The van der Waals surface area contributed by atoms with Crippen molar-refractivity contribution in [3.05, 3.63) is 29.3 Å². The van der Waals surface area contributed by atoms with Crippen molar-refractivity contribution in [1.29, 1.82) is 0 Å². The lowest BCUT2D eigenvalue weighted by Crippen LogP contribution is -1.98. The molecule has 0 saturated heterocycles. The van der Waals surface area contributed by atoms with E-state index in [1.165, 1.54) is 0 Å². The topological polar surface area (TPSA) is 43.1 Å². The van der Waals surface area contributed by atoms with Gasteiger partial charge in [-0.25, -0.2) is 8.78 Å². The van der Waals surface area contributed by atoms with Crippen molar-refractivity contribution in [3.63, 3.8) is 0 Å². The lowest BCUT2D eigenvalue weighted by atomic mass is 10.1. The van der Waals surface area contributed by atoms with E-state index in [0.717, 1.165) is 12.1 Å². The van der Waals surface area contributed by atoms with Crippen LogP contribution in [0.3, 0.4) is 0 Å². The SMILES string of the molecule is Nc1c(F)cc(CC=O)cc1F. The second kappa shape index (κ2) is 3.30. The van der Waals surface area contributed by atoms with Gasteiger partial charge >= 0.3 is 0 Å². The maximum Gasteiger partial charge on any atom is 0.149 e. The van der Waals surface area contributed by atoms with Gasteiger partial charge in [0.05, 0.1) is 0 Å². The molecular weight excluding hydrogens is 164 g/mol. The number of aldehydes is 1. The molecule has 0 fully saturated rings. The summed E-state index contributed by atoms with van der Waals surface area (Å²) in [6.07, 6.45) is 0.568. The van der Waals surface area contributed by atoms with Gasteiger partial charge in [0, 0.05) is 6.42 Å². The Labute approximate surface area is 68.0 Å². The van der Waals surface area contributed by atoms with Gasteiger partial charge in [0.15, 0.2) is 0 Å². The summed E-state index contributed by atoms with van der Waals surface area (Å²) in [5.74, 6) is -1.65. The van der Waals surface area contributed by atoms with Crippen LogP contribution in [0.25, 0.3) is 0 Å². The van der Waals surface area contributed by atoms with Gasteiger partial charge in [-0.2, -0.15) is 0 Å². The fraction of sp³-hybridized carbons (Fsp3) is 0.125. The molecule has 2 nitrogen and oxygen atoms in total. The van der Waals surface area contributed by atoms with E-state index in [2.05, 4.69) is 0 Å². The summed E-state index contributed by atoms with van der Waals surface area (Å²) in [6, 6.07) is 2.10. The molecule has 0 unspecified atom stereocenters. The van der Waals surface area contributed by atoms with Crippen LogP contribution in [0.15, 0.2) is 12.1 Å². The Morgan fingerprint density at radius 3 is 2.25 bits per heavy atom. The highest BCUT2D eigenvalue weighted by Gasteiger charge is 2.06. The highest BCUT2D eigenvalue weighted by Crippen LogP contribution is 2.16. The Morgan fingerprint density at radius 1 is 1.33 bits per heavy atom. The molecule has 0 aliphatic heterocycles. The number of benzene rings is 1. The van der Waals surface area contributed by atoms with Gasteiger partial charge in [-0.05, 0) is 17.7 Å². The number of carbonyl (C=O) groups excluding carboxylic acids is 1. The minimum Gasteiger partial charge on any atom is -0.394 e. The van der Waals surface area contributed by atoms with E-state index in [1.807, 2.05) is 0 Å². The summed E-state index contributed by atoms with van der Waals surface area (Å²) in [4.78, 5) is 10.0. The molecule has 12 heavy (non-hydrogen) atoms. The Morgan fingerprint density at radius 2 is 1.83 bits per heavy atom. The van der Waals surface area contributed by atoms with Crippen molar-refractivity contribution in [2.45, 2.75) is 6.42 Å². The van der Waals surface area contributed by atoms with Crippen molar-refractivity contribution < 1.29 is 13.6 Å². The zero-order valence-corrected chi connectivity index (χ0v) is 6.18. The van der Waals surface area contributed by atoms with Crippen LogP contribution in [0.4, 0.5) is 14.5 Å². The van der Waals surface area contributed by atoms with Crippen LogP contribution >= 0.6 is 0 Å². The normalized spacial score (nSPS) is 9.83. The van der Waals surface area contributed by atoms with Crippen LogP contribution in [0.1, 0.15) is 5.56 Å². The monoisotopic (exact) mass is 171 g/mol. The number of halogens is 2. The highest BCUT2D eigenvalue weighted by atomic mass is 19.1. The van der Waals surface area contributed by atoms with E-state index in [4.69, 9.17) is 5.73 Å². The summed E-state index contributed by atoms with van der Waals surface area (Å²) < 4.78 is 25.4. The quantitative estimate of drug-likeness (QED) is 0.538. The van der Waals surface area contributed by atoms with Crippen LogP contribution in [-0.2, 0) is 11.2 Å². The number of hydrogen-bond donors (Lipinski definition) is 1. The summed E-state index contributed by atoms with van der Waals surface area (Å²) in [7, 11) is 0. The van der Waals surface area contributed by atoms with Crippen LogP contribution in [0.5, 0.6) is 0 Å². The Bertz CT molecular complexity index is 289. The molecule has 0 amide bonds. The van der Waals surface area contributed by atoms with Gasteiger partial charge in [0.2, 0.25) is 0 Å². The van der Waals surface area contributed by atoms with Gasteiger partial charge in [-0.3, -0.25) is 0 Å². The average Bonchev–Trinajstić information content (AvgIpc) is 2.01. The number of nitrogen functional groups attached to an aromatic ring is 1. The third-order valence-electron chi connectivity index (χ3n) is 1.46. The molecule has 0 aliphatic rings. The Balaban J connectivity index is 3.11. The first-order valence-corrected chi connectivity index (χ1v) is 3.32. The van der Waals surface area contributed by atoms with Gasteiger partial charge < -0.3 is 10.5 Å². The molecule has 0 heterocycles. The third-order valence-corrected chi connectivity index (χ3v) is 1.46. The van der Waals surface area contributed by atoms with Crippen LogP contribution < -0.4 is 5.73 Å².